The minimum Gasteiger partial charge on any atom is -0.379 e. The largest absolute Gasteiger partial charge is 0.379 e. The van der Waals surface area contributed by atoms with E-state index in [0.717, 1.165) is 64.2 Å². The molecule has 2 fully saturated rings. The molecule has 1 atom stereocenters. The first kappa shape index (κ1) is 40.0. The quantitative estimate of drug-likeness (QED) is 0.0626. The van der Waals surface area contributed by atoms with Crippen LogP contribution < -0.4 is 10.6 Å². The molecular formula is C32H54N4O11. The summed E-state index contributed by atoms with van der Waals surface area (Å²) in [5.41, 5.74) is 0. The van der Waals surface area contributed by atoms with Gasteiger partial charge < -0.3 is 29.6 Å². The molecule has 2 saturated heterocycles. The second-order valence-corrected chi connectivity index (χ2v) is 11.7. The molecule has 4 amide bonds. The maximum Gasteiger partial charge on any atom is 0.333 e. The van der Waals surface area contributed by atoms with E-state index in [1.807, 2.05) is 0 Å². The lowest BCUT2D eigenvalue weighted by molar-refractivity contribution is -0.197. The fourth-order valence-electron chi connectivity index (χ4n) is 4.91. The average molecular weight is 671 g/mol. The maximum absolute atomic E-state index is 11.9. The standard InChI is InChI=1S/C32H54N4O11/c37-26(33-19-9-5-1-3-7-13-31(42)46-35-21-11-12-28(35)39)17-22-44-24-25-45-23-18-27(38)34-20-10-6-2-4-8-14-32(43)47-36-29(40)15-16-30(36)41/h26,33,37H,1-25H2,(H,34,38). The van der Waals surface area contributed by atoms with Crippen molar-refractivity contribution in [2.75, 3.05) is 46.1 Å². The number of hydrogen-bond donors (Lipinski definition) is 3. The number of ether oxygens (including phenoxy) is 2. The highest BCUT2D eigenvalue weighted by atomic mass is 16.7. The highest BCUT2D eigenvalue weighted by Gasteiger charge is 2.32. The van der Waals surface area contributed by atoms with Crippen LogP contribution in [0.25, 0.3) is 0 Å². The molecule has 268 valence electrons. The third-order valence-corrected chi connectivity index (χ3v) is 7.64. The smallest absolute Gasteiger partial charge is 0.333 e. The zero-order chi connectivity index (χ0) is 34.1. The maximum atomic E-state index is 11.9. The van der Waals surface area contributed by atoms with Crippen molar-refractivity contribution in [3.63, 3.8) is 0 Å². The van der Waals surface area contributed by atoms with Gasteiger partial charge in [-0.15, -0.1) is 5.06 Å². The number of aliphatic hydroxyl groups excluding tert-OH is 1. The number of nitrogens with one attached hydrogen (secondary N) is 2. The van der Waals surface area contributed by atoms with E-state index in [2.05, 4.69) is 10.6 Å². The third-order valence-electron chi connectivity index (χ3n) is 7.64. The van der Waals surface area contributed by atoms with Gasteiger partial charge in [-0.1, -0.05) is 38.5 Å². The summed E-state index contributed by atoms with van der Waals surface area (Å²) in [6.07, 6.45) is 10.5. The number of aliphatic hydroxyl groups is 1. The Kier molecular flexibility index (Phi) is 21.3. The van der Waals surface area contributed by atoms with Crippen molar-refractivity contribution in [1.82, 2.24) is 20.8 Å². The van der Waals surface area contributed by atoms with Gasteiger partial charge in [0.1, 0.15) is 6.23 Å². The van der Waals surface area contributed by atoms with E-state index < -0.39 is 24.0 Å². The van der Waals surface area contributed by atoms with E-state index in [9.17, 15) is 33.9 Å². The Labute approximate surface area is 277 Å². The van der Waals surface area contributed by atoms with Gasteiger partial charge in [-0.05, 0) is 38.6 Å². The molecule has 47 heavy (non-hydrogen) atoms. The molecule has 2 aliphatic rings. The Morgan fingerprint density at radius 3 is 1.87 bits per heavy atom. The molecule has 15 nitrogen and oxygen atoms in total. The Bertz CT molecular complexity index is 965. The zero-order valence-corrected chi connectivity index (χ0v) is 27.7. The number of carbonyl (C=O) groups is 6. The molecular weight excluding hydrogens is 616 g/mol. The number of hydroxylamine groups is 4. The minimum atomic E-state index is -0.646. The van der Waals surface area contributed by atoms with Gasteiger partial charge in [0.25, 0.3) is 17.7 Å². The van der Waals surface area contributed by atoms with E-state index in [-0.39, 0.29) is 43.5 Å². The predicted octanol–water partition coefficient (Wildman–Crippen LogP) is 2.19. The van der Waals surface area contributed by atoms with Crippen LogP contribution in [0, 0.1) is 0 Å². The summed E-state index contributed by atoms with van der Waals surface area (Å²) < 4.78 is 10.9. The van der Waals surface area contributed by atoms with Gasteiger partial charge in [-0.2, -0.15) is 5.06 Å². The summed E-state index contributed by atoms with van der Waals surface area (Å²) in [5.74, 6) is -2.09. The van der Waals surface area contributed by atoms with Gasteiger partial charge in [0.05, 0.1) is 33.0 Å². The number of nitrogens with zero attached hydrogens (tertiary/aromatic N) is 2. The van der Waals surface area contributed by atoms with E-state index >= 15 is 0 Å². The Morgan fingerprint density at radius 2 is 1.23 bits per heavy atom. The summed E-state index contributed by atoms with van der Waals surface area (Å²) in [6, 6.07) is 0. The molecule has 0 saturated carbocycles. The number of imide groups is 1. The van der Waals surface area contributed by atoms with Crippen molar-refractivity contribution < 1.29 is 53.0 Å². The van der Waals surface area contributed by atoms with Crippen molar-refractivity contribution in [2.45, 2.75) is 122 Å². The van der Waals surface area contributed by atoms with Crippen molar-refractivity contribution in [3.8, 4) is 0 Å². The second kappa shape index (κ2) is 25.0. The molecule has 0 aromatic rings. The van der Waals surface area contributed by atoms with Gasteiger partial charge in [0, 0.05) is 51.5 Å². The second-order valence-electron chi connectivity index (χ2n) is 11.7. The van der Waals surface area contributed by atoms with Gasteiger partial charge in [0.2, 0.25) is 5.91 Å². The molecule has 2 aliphatic heterocycles. The molecule has 1 unspecified atom stereocenters. The van der Waals surface area contributed by atoms with Crippen LogP contribution in [-0.2, 0) is 47.9 Å². The third kappa shape index (κ3) is 19.3. The first-order valence-electron chi connectivity index (χ1n) is 17.2. The van der Waals surface area contributed by atoms with Crippen LogP contribution in [0.1, 0.15) is 116 Å². The van der Waals surface area contributed by atoms with Crippen LogP contribution in [0.5, 0.6) is 0 Å². The molecule has 0 aromatic carbocycles. The van der Waals surface area contributed by atoms with Gasteiger partial charge in [0.15, 0.2) is 0 Å². The van der Waals surface area contributed by atoms with Crippen LogP contribution in [0.2, 0.25) is 0 Å². The summed E-state index contributed by atoms with van der Waals surface area (Å²) in [4.78, 5) is 79.7. The molecule has 2 rings (SSSR count). The number of rotatable bonds is 28. The Balaban J connectivity index is 1.26. The van der Waals surface area contributed by atoms with E-state index in [4.69, 9.17) is 19.1 Å². The van der Waals surface area contributed by atoms with Gasteiger partial charge in [-0.3, -0.25) is 24.5 Å². The summed E-state index contributed by atoms with van der Waals surface area (Å²) in [7, 11) is 0. The van der Waals surface area contributed by atoms with Crippen LogP contribution in [0.15, 0.2) is 0 Å². The molecule has 0 spiro atoms. The lowest BCUT2D eigenvalue weighted by Gasteiger charge is -2.14. The molecule has 3 N–H and O–H groups in total. The minimum absolute atomic E-state index is 0.0785. The molecule has 0 aromatic heterocycles. The summed E-state index contributed by atoms with van der Waals surface area (Å²) in [6.45, 7) is 3.18. The molecule has 0 radical (unpaired) electrons. The fourth-order valence-corrected chi connectivity index (χ4v) is 4.91. The van der Waals surface area contributed by atoms with Gasteiger partial charge >= 0.3 is 11.9 Å². The molecule has 0 aliphatic carbocycles. The lowest BCUT2D eigenvalue weighted by Crippen LogP contribution is -2.31. The SMILES string of the molecule is O=C(CCOCCOCCC(O)NCCCCCCCC(=O)ON1CCCC1=O)NCCCCCCCC(=O)ON1C(=O)CCC1=O. The van der Waals surface area contributed by atoms with Crippen LogP contribution in [0.3, 0.4) is 0 Å². The number of hydrogen-bond acceptors (Lipinski definition) is 12. The zero-order valence-electron chi connectivity index (χ0n) is 27.7. The van der Waals surface area contributed by atoms with Gasteiger partial charge in [-0.25, -0.2) is 9.59 Å². The highest BCUT2D eigenvalue weighted by Crippen LogP contribution is 2.14. The summed E-state index contributed by atoms with van der Waals surface area (Å²) >= 11 is 0. The Hall–Kier alpha value is -3.14. The Morgan fingerprint density at radius 1 is 0.660 bits per heavy atom. The molecule has 0 bridgehead atoms. The topological polar surface area (TPSA) is 190 Å². The first-order valence-corrected chi connectivity index (χ1v) is 17.2. The average Bonchev–Trinajstić information content (AvgIpc) is 3.59. The molecule has 15 heteroatoms. The number of amides is 4. The summed E-state index contributed by atoms with van der Waals surface area (Å²) in [5, 5.41) is 17.7. The molecule has 2 heterocycles. The van der Waals surface area contributed by atoms with Crippen LogP contribution in [0.4, 0.5) is 0 Å². The van der Waals surface area contributed by atoms with E-state index in [0.29, 0.717) is 76.8 Å². The number of unbranched alkanes of at least 4 members (excludes halogenated alkanes) is 8. The fraction of sp³-hybridized carbons (Fsp3) is 0.812. The van der Waals surface area contributed by atoms with Crippen molar-refractivity contribution in [3.05, 3.63) is 0 Å². The number of carbonyl (C=O) groups excluding carboxylic acids is 6. The van der Waals surface area contributed by atoms with E-state index in [1.165, 1.54) is 5.06 Å². The first-order chi connectivity index (χ1) is 22.8. The normalized spacial score (nSPS) is 15.4. The van der Waals surface area contributed by atoms with Crippen molar-refractivity contribution >= 4 is 35.6 Å². The van der Waals surface area contributed by atoms with Crippen LogP contribution in [-0.4, -0.2) is 103 Å². The lowest BCUT2D eigenvalue weighted by atomic mass is 10.1. The van der Waals surface area contributed by atoms with Crippen molar-refractivity contribution in [1.29, 1.82) is 0 Å². The monoisotopic (exact) mass is 670 g/mol. The predicted molar refractivity (Wildman–Crippen MR) is 168 cm³/mol. The highest BCUT2D eigenvalue weighted by molar-refractivity contribution is 6.01. The van der Waals surface area contributed by atoms with Crippen molar-refractivity contribution in [2.24, 2.45) is 0 Å². The van der Waals surface area contributed by atoms with Crippen LogP contribution >= 0.6 is 0 Å². The van der Waals surface area contributed by atoms with E-state index in [1.54, 1.807) is 0 Å².